The van der Waals surface area contributed by atoms with Crippen molar-refractivity contribution in [3.05, 3.63) is 89.0 Å². The fraction of sp³-hybridized carbons (Fsp3) is 0.0909. The highest BCUT2D eigenvalue weighted by molar-refractivity contribution is 7.58. The summed E-state index contributed by atoms with van der Waals surface area (Å²) in [4.78, 5) is 23.9. The molecule has 2 nitrogen and oxygen atoms in total. The van der Waals surface area contributed by atoms with Crippen molar-refractivity contribution in [2.75, 3.05) is 0 Å². The maximum Gasteiger partial charge on any atom is 0.182 e. The van der Waals surface area contributed by atoms with E-state index in [1.54, 1.807) is 0 Å². The molecule has 2 aromatic rings. The maximum absolute atomic E-state index is 11.7. The molecule has 3 heteroatoms. The van der Waals surface area contributed by atoms with E-state index in [2.05, 4.69) is 30.3 Å². The average molecular weight is 345 g/mol. The third kappa shape index (κ3) is 4.85. The van der Waals surface area contributed by atoms with E-state index < -0.39 is 0 Å². The van der Waals surface area contributed by atoms with Gasteiger partial charge in [0.2, 0.25) is 0 Å². The summed E-state index contributed by atoms with van der Waals surface area (Å²) < 4.78 is 0. The van der Waals surface area contributed by atoms with Gasteiger partial charge in [-0.05, 0) is 47.8 Å². The Balaban J connectivity index is 1.59. The van der Waals surface area contributed by atoms with Crippen molar-refractivity contribution in [3.8, 4) is 0 Å². The van der Waals surface area contributed by atoms with E-state index in [4.69, 9.17) is 12.6 Å². The number of rotatable bonds is 5. The summed E-state index contributed by atoms with van der Waals surface area (Å²) in [5, 5.41) is 0. The van der Waals surface area contributed by atoms with Crippen LogP contribution in [0.1, 0.15) is 23.1 Å². The third-order valence-corrected chi connectivity index (χ3v) is 4.32. The van der Waals surface area contributed by atoms with Gasteiger partial charge in [-0.1, -0.05) is 60.7 Å². The quantitative estimate of drug-likeness (QED) is 0.459. The zero-order valence-corrected chi connectivity index (χ0v) is 14.5. The number of benzene rings is 2. The van der Waals surface area contributed by atoms with Crippen LogP contribution in [-0.4, -0.2) is 11.6 Å². The molecule has 1 aliphatic carbocycles. The normalized spacial score (nSPS) is 14.2. The Labute approximate surface area is 153 Å². The summed E-state index contributed by atoms with van der Waals surface area (Å²) in [5.74, 6) is -0.177. The van der Waals surface area contributed by atoms with Gasteiger partial charge in [-0.15, -0.1) is 0 Å². The lowest BCUT2D eigenvalue weighted by molar-refractivity contribution is -0.114. The van der Waals surface area contributed by atoms with Gasteiger partial charge in [0.15, 0.2) is 11.6 Å². The number of allylic oxidation sites excluding steroid dienone is 4. The predicted octanol–water partition coefficient (Wildman–Crippen LogP) is 4.33. The Morgan fingerprint density at radius 2 is 1.36 bits per heavy atom. The first kappa shape index (κ1) is 17.1. The Morgan fingerprint density at radius 1 is 0.760 bits per heavy atom. The standard InChI is InChI=1S/C22H18O2S/c23-20-11-14-22(24)19(15-20)10-7-17-4-1-16(2-5-17)3-6-18-8-12-21(25)13-9-18/h1-6,8-9,11-15,25H,7,10H2/p-1/b6-3+. The van der Waals surface area contributed by atoms with E-state index in [0.717, 1.165) is 28.0 Å². The summed E-state index contributed by atoms with van der Waals surface area (Å²) in [7, 11) is 0. The van der Waals surface area contributed by atoms with Gasteiger partial charge in [-0.2, -0.15) is 4.90 Å². The van der Waals surface area contributed by atoms with E-state index in [9.17, 15) is 9.59 Å². The van der Waals surface area contributed by atoms with Crippen molar-refractivity contribution in [3.63, 3.8) is 0 Å². The Bertz CT molecular complexity index is 869. The lowest BCUT2D eigenvalue weighted by Gasteiger charge is -2.07. The first-order valence-corrected chi connectivity index (χ1v) is 8.52. The van der Waals surface area contributed by atoms with Gasteiger partial charge in [0.25, 0.3) is 0 Å². The zero-order chi connectivity index (χ0) is 17.6. The fourth-order valence-electron chi connectivity index (χ4n) is 2.60. The van der Waals surface area contributed by atoms with Gasteiger partial charge in [0.1, 0.15) is 0 Å². The average Bonchev–Trinajstić information content (AvgIpc) is 2.63. The van der Waals surface area contributed by atoms with Crippen LogP contribution in [0, 0.1) is 0 Å². The largest absolute Gasteiger partial charge is 0.780 e. The second kappa shape index (κ2) is 7.86. The van der Waals surface area contributed by atoms with Gasteiger partial charge < -0.3 is 12.6 Å². The number of hydrogen-bond acceptors (Lipinski definition) is 3. The molecule has 25 heavy (non-hydrogen) atoms. The molecule has 0 aromatic heterocycles. The molecular weight excluding hydrogens is 328 g/mol. The second-order valence-electron chi connectivity index (χ2n) is 5.91. The van der Waals surface area contributed by atoms with Crippen LogP contribution >= 0.6 is 0 Å². The fourth-order valence-corrected chi connectivity index (χ4v) is 2.73. The Kier molecular flexibility index (Phi) is 5.36. The molecule has 124 valence electrons. The summed E-state index contributed by atoms with van der Waals surface area (Å²) in [6.45, 7) is 0. The zero-order valence-electron chi connectivity index (χ0n) is 13.6. The van der Waals surface area contributed by atoms with Crippen molar-refractivity contribution in [1.82, 2.24) is 0 Å². The van der Waals surface area contributed by atoms with Crippen molar-refractivity contribution >= 4 is 36.3 Å². The first-order valence-electron chi connectivity index (χ1n) is 8.11. The van der Waals surface area contributed by atoms with Crippen LogP contribution in [0.2, 0.25) is 0 Å². The minimum atomic E-state index is -0.112. The number of aryl methyl sites for hydroxylation is 1. The molecule has 0 unspecified atom stereocenters. The smallest absolute Gasteiger partial charge is 0.182 e. The molecule has 0 bridgehead atoms. The Morgan fingerprint density at radius 3 is 2.00 bits per heavy atom. The van der Waals surface area contributed by atoms with Gasteiger partial charge >= 0.3 is 0 Å². The summed E-state index contributed by atoms with van der Waals surface area (Å²) in [5.41, 5.74) is 3.94. The summed E-state index contributed by atoms with van der Waals surface area (Å²) in [6.07, 6.45) is 9.53. The molecule has 0 spiro atoms. The molecule has 0 saturated heterocycles. The monoisotopic (exact) mass is 345 g/mol. The van der Waals surface area contributed by atoms with Crippen molar-refractivity contribution in [2.45, 2.75) is 17.7 Å². The second-order valence-corrected chi connectivity index (χ2v) is 6.38. The van der Waals surface area contributed by atoms with Crippen LogP contribution < -0.4 is 0 Å². The van der Waals surface area contributed by atoms with E-state index in [1.807, 2.05) is 30.3 Å². The Hall–Kier alpha value is -2.78. The highest BCUT2D eigenvalue weighted by Crippen LogP contribution is 2.16. The lowest BCUT2D eigenvalue weighted by Crippen LogP contribution is -2.08. The van der Waals surface area contributed by atoms with E-state index >= 15 is 0 Å². The van der Waals surface area contributed by atoms with Crippen molar-refractivity contribution in [1.29, 1.82) is 0 Å². The topological polar surface area (TPSA) is 34.1 Å². The molecule has 0 amide bonds. The molecule has 0 radical (unpaired) electrons. The van der Waals surface area contributed by atoms with Gasteiger partial charge in [0, 0.05) is 5.57 Å². The van der Waals surface area contributed by atoms with E-state index in [-0.39, 0.29) is 11.6 Å². The highest BCUT2D eigenvalue weighted by Gasteiger charge is 2.12. The van der Waals surface area contributed by atoms with Gasteiger partial charge in [0.05, 0.1) is 0 Å². The van der Waals surface area contributed by atoms with Crippen LogP contribution in [0.25, 0.3) is 12.2 Å². The van der Waals surface area contributed by atoms with Gasteiger partial charge in [-0.3, -0.25) is 9.59 Å². The first-order chi connectivity index (χ1) is 12.1. The molecule has 2 aromatic carbocycles. The molecule has 1 aliphatic rings. The maximum atomic E-state index is 11.7. The molecule has 0 heterocycles. The van der Waals surface area contributed by atoms with Gasteiger partial charge in [-0.25, -0.2) is 0 Å². The number of carbonyl (C=O) groups excluding carboxylic acids is 2. The van der Waals surface area contributed by atoms with E-state index in [1.165, 1.54) is 18.2 Å². The third-order valence-electron chi connectivity index (χ3n) is 4.04. The van der Waals surface area contributed by atoms with Crippen molar-refractivity contribution in [2.24, 2.45) is 0 Å². The highest BCUT2D eigenvalue weighted by atomic mass is 32.1. The molecule has 0 saturated carbocycles. The number of ketones is 2. The summed E-state index contributed by atoms with van der Waals surface area (Å²) in [6, 6.07) is 16.0. The minimum Gasteiger partial charge on any atom is -0.780 e. The molecule has 0 aliphatic heterocycles. The van der Waals surface area contributed by atoms with E-state index in [0.29, 0.717) is 12.0 Å². The molecule has 0 fully saturated rings. The SMILES string of the molecule is O=C1C=CC(=O)C(CCc2ccc(/C=C/c3ccc([S-])cc3)cc2)=C1. The molecular formula is C22H17O2S-. The molecule has 0 atom stereocenters. The summed E-state index contributed by atoms with van der Waals surface area (Å²) >= 11 is 5.08. The number of carbonyl (C=O) groups is 2. The predicted molar refractivity (Wildman–Crippen MR) is 103 cm³/mol. The molecule has 3 rings (SSSR count). The van der Waals surface area contributed by atoms with Crippen LogP contribution in [0.3, 0.4) is 0 Å². The van der Waals surface area contributed by atoms with Crippen LogP contribution in [0.5, 0.6) is 0 Å². The van der Waals surface area contributed by atoms with Crippen molar-refractivity contribution < 1.29 is 9.59 Å². The lowest BCUT2D eigenvalue weighted by atomic mass is 9.96. The molecule has 0 N–H and O–H groups in total. The number of hydrogen-bond donors (Lipinski definition) is 0. The van der Waals surface area contributed by atoms with Crippen LogP contribution in [0.4, 0.5) is 0 Å². The van der Waals surface area contributed by atoms with Crippen LogP contribution in [-0.2, 0) is 28.6 Å². The van der Waals surface area contributed by atoms with Crippen LogP contribution in [0.15, 0.2) is 77.2 Å². The minimum absolute atomic E-state index is 0.0655.